The Morgan fingerprint density at radius 2 is 1.84 bits per heavy atom. The third-order valence-corrected chi connectivity index (χ3v) is 6.97. The largest absolute Gasteiger partial charge is 0.462 e. The van der Waals surface area contributed by atoms with Gasteiger partial charge in [-0.1, -0.05) is 54.9 Å². The molecule has 1 aromatic heterocycles. The van der Waals surface area contributed by atoms with Gasteiger partial charge in [0.25, 0.3) is 5.91 Å². The van der Waals surface area contributed by atoms with Gasteiger partial charge in [0.05, 0.1) is 34.6 Å². The summed E-state index contributed by atoms with van der Waals surface area (Å²) in [5.74, 6) is -0.435. The minimum Gasteiger partial charge on any atom is -0.462 e. The van der Waals surface area contributed by atoms with Crippen LogP contribution in [0.5, 0.6) is 0 Å². The molecule has 0 aliphatic rings. The number of rotatable bonds is 11. The van der Waals surface area contributed by atoms with E-state index in [4.69, 9.17) is 27.9 Å². The van der Waals surface area contributed by atoms with E-state index in [0.717, 1.165) is 0 Å². The highest BCUT2D eigenvalue weighted by molar-refractivity contribution is 7.99. The number of anilines is 1. The van der Waals surface area contributed by atoms with Crippen molar-refractivity contribution in [3.63, 3.8) is 0 Å². The summed E-state index contributed by atoms with van der Waals surface area (Å²) >= 11 is 13.4. The van der Waals surface area contributed by atoms with Crippen LogP contribution in [0.2, 0.25) is 10.0 Å². The molecule has 0 aliphatic carbocycles. The number of esters is 1. The smallest absolute Gasteiger partial charge is 0.338 e. The van der Waals surface area contributed by atoms with Gasteiger partial charge in [0.15, 0.2) is 11.0 Å². The summed E-state index contributed by atoms with van der Waals surface area (Å²) in [6.07, 6.45) is 0. The van der Waals surface area contributed by atoms with Crippen molar-refractivity contribution in [2.45, 2.75) is 45.4 Å². The topological polar surface area (TPSA) is 115 Å². The van der Waals surface area contributed by atoms with Crippen molar-refractivity contribution in [3.05, 3.63) is 69.5 Å². The highest BCUT2D eigenvalue weighted by Crippen LogP contribution is 2.27. The minimum absolute atomic E-state index is 0.00708. The van der Waals surface area contributed by atoms with Crippen LogP contribution in [0.4, 0.5) is 5.69 Å². The molecule has 0 radical (unpaired) electrons. The molecule has 3 aromatic rings. The van der Waals surface area contributed by atoms with Crippen LogP contribution < -0.4 is 10.6 Å². The summed E-state index contributed by atoms with van der Waals surface area (Å²) in [4.78, 5) is 37.5. The maximum atomic E-state index is 13.0. The first-order valence-electron chi connectivity index (χ1n) is 12.0. The fraction of sp³-hybridized carbons (Fsp3) is 0.346. The molecule has 2 N–H and O–H groups in total. The average molecular weight is 579 g/mol. The Kier molecular flexibility index (Phi) is 10.6. The van der Waals surface area contributed by atoms with E-state index in [0.29, 0.717) is 39.4 Å². The number of halogens is 2. The number of benzene rings is 2. The van der Waals surface area contributed by atoms with Gasteiger partial charge in [0.1, 0.15) is 0 Å². The molecule has 9 nitrogen and oxygen atoms in total. The highest BCUT2D eigenvalue weighted by Gasteiger charge is 2.27. The van der Waals surface area contributed by atoms with E-state index in [2.05, 4.69) is 20.8 Å². The monoisotopic (exact) mass is 577 g/mol. The fourth-order valence-corrected chi connectivity index (χ4v) is 4.93. The van der Waals surface area contributed by atoms with Crippen molar-refractivity contribution in [3.8, 4) is 0 Å². The molecule has 202 valence electrons. The van der Waals surface area contributed by atoms with Gasteiger partial charge >= 0.3 is 5.97 Å². The summed E-state index contributed by atoms with van der Waals surface area (Å²) in [7, 11) is 0. The van der Waals surface area contributed by atoms with Crippen LogP contribution in [0, 0.1) is 5.92 Å². The Balaban J connectivity index is 1.70. The third kappa shape index (κ3) is 7.49. The van der Waals surface area contributed by atoms with Crippen LogP contribution >= 0.6 is 35.0 Å². The van der Waals surface area contributed by atoms with Gasteiger partial charge in [-0.25, -0.2) is 4.79 Å². The molecule has 0 bridgehead atoms. The molecule has 0 saturated carbocycles. The lowest BCUT2D eigenvalue weighted by atomic mass is 10.0. The van der Waals surface area contributed by atoms with Crippen molar-refractivity contribution in [1.29, 1.82) is 0 Å². The number of nitrogens with one attached hydrogen (secondary N) is 2. The second-order valence-electron chi connectivity index (χ2n) is 8.54. The summed E-state index contributed by atoms with van der Waals surface area (Å²) in [6, 6.07) is 10.8. The van der Waals surface area contributed by atoms with E-state index >= 15 is 0 Å². The van der Waals surface area contributed by atoms with Crippen molar-refractivity contribution in [2.75, 3.05) is 17.7 Å². The number of aromatic nitrogens is 3. The van der Waals surface area contributed by atoms with E-state index in [1.165, 1.54) is 17.8 Å². The molecule has 38 heavy (non-hydrogen) atoms. The maximum absolute atomic E-state index is 13.0. The van der Waals surface area contributed by atoms with Gasteiger partial charge in [-0.15, -0.1) is 10.2 Å². The standard InChI is InChI=1S/C26H29Cl2N5O4S/c1-5-33-23(22(15(3)4)30-24(35)19-11-10-17(27)13-20(19)28)31-32-26(33)38-14-21(34)29-18-9-7-8-16(12-18)25(36)37-6-2/h7-13,15,22H,5-6,14H2,1-4H3,(H,29,34)(H,30,35)/t22-/m1/s1. The van der Waals surface area contributed by atoms with E-state index < -0.39 is 12.0 Å². The van der Waals surface area contributed by atoms with Crippen LogP contribution in [0.3, 0.4) is 0 Å². The lowest BCUT2D eigenvalue weighted by Gasteiger charge is -2.22. The summed E-state index contributed by atoms with van der Waals surface area (Å²) < 4.78 is 6.87. The van der Waals surface area contributed by atoms with Crippen molar-refractivity contribution < 1.29 is 19.1 Å². The molecule has 0 saturated heterocycles. The van der Waals surface area contributed by atoms with Gasteiger partial charge < -0.3 is 19.9 Å². The summed E-state index contributed by atoms with van der Waals surface area (Å²) in [5.41, 5.74) is 1.15. The normalized spacial score (nSPS) is 11.8. The third-order valence-electron chi connectivity index (χ3n) is 5.46. The lowest BCUT2D eigenvalue weighted by Crippen LogP contribution is -2.34. The van der Waals surface area contributed by atoms with Gasteiger partial charge in [-0.05, 0) is 56.2 Å². The molecule has 0 unspecified atom stereocenters. The first-order chi connectivity index (χ1) is 18.1. The minimum atomic E-state index is -0.452. The van der Waals surface area contributed by atoms with Gasteiger partial charge in [-0.2, -0.15) is 0 Å². The SMILES string of the molecule is CCOC(=O)c1cccc(NC(=O)CSc2nnc([C@H](NC(=O)c3ccc(Cl)cc3Cl)C(C)C)n2CC)c1. The van der Waals surface area contributed by atoms with Gasteiger partial charge in [0.2, 0.25) is 5.91 Å². The van der Waals surface area contributed by atoms with Crippen molar-refractivity contribution in [1.82, 2.24) is 20.1 Å². The Morgan fingerprint density at radius 1 is 1.08 bits per heavy atom. The maximum Gasteiger partial charge on any atom is 0.338 e. The van der Waals surface area contributed by atoms with Gasteiger partial charge in [-0.3, -0.25) is 9.59 Å². The molecule has 0 spiro atoms. The number of thioether (sulfide) groups is 1. The van der Waals surface area contributed by atoms with Crippen LogP contribution in [0.15, 0.2) is 47.6 Å². The average Bonchev–Trinajstić information content (AvgIpc) is 3.28. The van der Waals surface area contributed by atoms with E-state index in [-0.39, 0.29) is 35.1 Å². The Morgan fingerprint density at radius 3 is 2.50 bits per heavy atom. The van der Waals surface area contributed by atoms with Crippen molar-refractivity contribution in [2.24, 2.45) is 5.92 Å². The predicted molar refractivity (Wildman–Crippen MR) is 149 cm³/mol. The molecule has 12 heteroatoms. The molecule has 3 rings (SSSR count). The highest BCUT2D eigenvalue weighted by atomic mass is 35.5. The van der Waals surface area contributed by atoms with Crippen molar-refractivity contribution >= 4 is 58.4 Å². The Labute approximate surface area is 235 Å². The summed E-state index contributed by atoms with van der Waals surface area (Å²) in [5, 5.41) is 15.6. The van der Waals surface area contributed by atoms with E-state index in [1.807, 2.05) is 25.3 Å². The molecule has 0 fully saturated rings. The quantitative estimate of drug-likeness (QED) is 0.224. The number of hydrogen-bond donors (Lipinski definition) is 2. The first-order valence-corrected chi connectivity index (χ1v) is 13.8. The molecule has 2 aromatic carbocycles. The molecule has 1 heterocycles. The second-order valence-corrected chi connectivity index (χ2v) is 10.3. The molecular weight excluding hydrogens is 549 g/mol. The number of hydrogen-bond acceptors (Lipinski definition) is 7. The van der Waals surface area contributed by atoms with E-state index in [1.54, 1.807) is 43.3 Å². The zero-order chi connectivity index (χ0) is 27.8. The molecular formula is C26H29Cl2N5O4S. The Hall–Kier alpha value is -3.08. The van der Waals surface area contributed by atoms with Crippen LogP contribution in [-0.2, 0) is 16.1 Å². The van der Waals surface area contributed by atoms with E-state index in [9.17, 15) is 14.4 Å². The number of carbonyl (C=O) groups excluding carboxylic acids is 3. The van der Waals surface area contributed by atoms with Crippen LogP contribution in [0.1, 0.15) is 60.3 Å². The zero-order valence-corrected chi connectivity index (χ0v) is 23.8. The molecule has 1 atom stereocenters. The fourth-order valence-electron chi connectivity index (χ4n) is 3.62. The predicted octanol–water partition coefficient (Wildman–Crippen LogP) is 5.64. The molecule has 0 aliphatic heterocycles. The number of carbonyl (C=O) groups is 3. The number of ether oxygens (including phenoxy) is 1. The number of amides is 2. The van der Waals surface area contributed by atoms with Crippen LogP contribution in [0.25, 0.3) is 0 Å². The lowest BCUT2D eigenvalue weighted by molar-refractivity contribution is -0.113. The van der Waals surface area contributed by atoms with Gasteiger partial charge in [0, 0.05) is 17.3 Å². The Bertz CT molecular complexity index is 1310. The summed E-state index contributed by atoms with van der Waals surface area (Å²) in [6.45, 7) is 8.40. The number of nitrogens with zero attached hydrogens (tertiary/aromatic N) is 3. The zero-order valence-electron chi connectivity index (χ0n) is 21.5. The second kappa shape index (κ2) is 13.6. The molecule has 2 amide bonds. The first kappa shape index (κ1) is 29.5. The van der Waals surface area contributed by atoms with Crippen LogP contribution in [-0.4, -0.2) is 44.9 Å².